The lowest BCUT2D eigenvalue weighted by atomic mass is 9.95. The highest BCUT2D eigenvalue weighted by molar-refractivity contribution is 9.10. The Kier molecular flexibility index (Phi) is 4.24. The van der Waals surface area contributed by atoms with Crippen molar-refractivity contribution in [1.82, 2.24) is 5.32 Å². The number of rotatable bonds is 3. The maximum absolute atomic E-state index is 9.39. The van der Waals surface area contributed by atoms with Crippen LogP contribution in [0.4, 0.5) is 0 Å². The first kappa shape index (κ1) is 11.9. The van der Waals surface area contributed by atoms with Crippen molar-refractivity contribution >= 4 is 15.9 Å². The molecule has 0 bridgehead atoms. The van der Waals surface area contributed by atoms with Crippen LogP contribution >= 0.6 is 15.9 Å². The van der Waals surface area contributed by atoms with Gasteiger partial charge in [-0.15, -0.1) is 0 Å². The summed E-state index contributed by atoms with van der Waals surface area (Å²) < 4.78 is 0.774. The standard InChI is InChI=1S/C13H18BrNO/c14-12-8-10(6-7-13(12)16)9-15-11-4-2-1-3-5-11/h6-8,11,15-16H,1-5,9H2. The fourth-order valence-corrected chi connectivity index (χ4v) is 2.66. The third-order valence-corrected chi connectivity index (χ3v) is 3.85. The highest BCUT2D eigenvalue weighted by atomic mass is 79.9. The second kappa shape index (κ2) is 5.69. The minimum Gasteiger partial charge on any atom is -0.507 e. The molecule has 16 heavy (non-hydrogen) atoms. The predicted molar refractivity (Wildman–Crippen MR) is 69.5 cm³/mol. The number of hydrogen-bond acceptors (Lipinski definition) is 2. The van der Waals surface area contributed by atoms with E-state index in [0.717, 1.165) is 11.0 Å². The van der Waals surface area contributed by atoms with Gasteiger partial charge < -0.3 is 10.4 Å². The molecule has 88 valence electrons. The van der Waals surface area contributed by atoms with Crippen molar-refractivity contribution in [3.8, 4) is 5.75 Å². The molecule has 1 aliphatic carbocycles. The monoisotopic (exact) mass is 283 g/mol. The summed E-state index contributed by atoms with van der Waals surface area (Å²) in [5.74, 6) is 0.307. The number of aromatic hydroxyl groups is 1. The average Bonchev–Trinajstić information content (AvgIpc) is 2.32. The van der Waals surface area contributed by atoms with Crippen molar-refractivity contribution in [2.45, 2.75) is 44.7 Å². The molecule has 0 spiro atoms. The lowest BCUT2D eigenvalue weighted by molar-refractivity contribution is 0.372. The van der Waals surface area contributed by atoms with Gasteiger partial charge in [-0.25, -0.2) is 0 Å². The maximum atomic E-state index is 9.39. The van der Waals surface area contributed by atoms with Gasteiger partial charge >= 0.3 is 0 Å². The Bertz CT molecular complexity index is 348. The lowest BCUT2D eigenvalue weighted by Crippen LogP contribution is -2.30. The first-order valence-corrected chi connectivity index (χ1v) is 6.76. The number of hydrogen-bond donors (Lipinski definition) is 2. The third-order valence-electron chi connectivity index (χ3n) is 3.21. The molecule has 0 aromatic heterocycles. The van der Waals surface area contributed by atoms with Gasteiger partial charge in [0.2, 0.25) is 0 Å². The Morgan fingerprint density at radius 2 is 2.00 bits per heavy atom. The Hall–Kier alpha value is -0.540. The van der Waals surface area contributed by atoms with Crippen LogP contribution < -0.4 is 5.32 Å². The Morgan fingerprint density at radius 1 is 1.25 bits per heavy atom. The number of halogens is 1. The lowest BCUT2D eigenvalue weighted by Gasteiger charge is -2.22. The average molecular weight is 284 g/mol. The van der Waals surface area contributed by atoms with E-state index in [-0.39, 0.29) is 0 Å². The van der Waals surface area contributed by atoms with E-state index in [1.165, 1.54) is 37.7 Å². The summed E-state index contributed by atoms with van der Waals surface area (Å²) in [4.78, 5) is 0. The minimum absolute atomic E-state index is 0.307. The van der Waals surface area contributed by atoms with Crippen molar-refractivity contribution in [2.24, 2.45) is 0 Å². The summed E-state index contributed by atoms with van der Waals surface area (Å²) in [6.45, 7) is 0.892. The van der Waals surface area contributed by atoms with Gasteiger partial charge in [0.05, 0.1) is 4.47 Å². The van der Waals surface area contributed by atoms with Crippen LogP contribution in [0, 0.1) is 0 Å². The summed E-state index contributed by atoms with van der Waals surface area (Å²) in [6, 6.07) is 6.37. The fraction of sp³-hybridized carbons (Fsp3) is 0.538. The Morgan fingerprint density at radius 3 is 2.69 bits per heavy atom. The zero-order chi connectivity index (χ0) is 11.4. The van der Waals surface area contributed by atoms with Crippen molar-refractivity contribution in [3.05, 3.63) is 28.2 Å². The van der Waals surface area contributed by atoms with Crippen molar-refractivity contribution in [2.75, 3.05) is 0 Å². The first-order chi connectivity index (χ1) is 7.75. The number of phenolic OH excluding ortho intramolecular Hbond substituents is 1. The molecule has 0 saturated heterocycles. The van der Waals surface area contributed by atoms with Gasteiger partial charge in [0, 0.05) is 12.6 Å². The maximum Gasteiger partial charge on any atom is 0.129 e. The molecule has 0 atom stereocenters. The highest BCUT2D eigenvalue weighted by Crippen LogP contribution is 2.24. The van der Waals surface area contributed by atoms with E-state index < -0.39 is 0 Å². The van der Waals surface area contributed by atoms with Crippen molar-refractivity contribution < 1.29 is 5.11 Å². The van der Waals surface area contributed by atoms with E-state index in [4.69, 9.17) is 0 Å². The molecule has 0 radical (unpaired) electrons. The van der Waals surface area contributed by atoms with E-state index in [2.05, 4.69) is 21.2 Å². The molecule has 0 aliphatic heterocycles. The van der Waals surface area contributed by atoms with Gasteiger partial charge in [0.1, 0.15) is 5.75 Å². The van der Waals surface area contributed by atoms with Gasteiger partial charge in [-0.05, 0) is 46.5 Å². The van der Waals surface area contributed by atoms with Crippen LogP contribution in [0.1, 0.15) is 37.7 Å². The molecule has 1 aromatic rings. The molecule has 2 N–H and O–H groups in total. The summed E-state index contributed by atoms with van der Waals surface area (Å²) in [7, 11) is 0. The van der Waals surface area contributed by atoms with Crippen LogP contribution in [0.3, 0.4) is 0 Å². The first-order valence-electron chi connectivity index (χ1n) is 5.96. The van der Waals surface area contributed by atoms with E-state index in [1.54, 1.807) is 6.07 Å². The van der Waals surface area contributed by atoms with Gasteiger partial charge in [0.25, 0.3) is 0 Å². The normalized spacial score (nSPS) is 17.6. The molecule has 0 unspecified atom stereocenters. The predicted octanol–water partition coefficient (Wildman–Crippen LogP) is 3.58. The van der Waals surface area contributed by atoms with Gasteiger partial charge in [-0.1, -0.05) is 25.3 Å². The molecule has 2 nitrogen and oxygen atoms in total. The topological polar surface area (TPSA) is 32.3 Å². The minimum atomic E-state index is 0.307. The highest BCUT2D eigenvalue weighted by Gasteiger charge is 2.12. The van der Waals surface area contributed by atoms with Crippen LogP contribution in [-0.4, -0.2) is 11.1 Å². The summed E-state index contributed by atoms with van der Waals surface area (Å²) in [5.41, 5.74) is 1.22. The van der Waals surface area contributed by atoms with E-state index in [9.17, 15) is 5.11 Å². The smallest absolute Gasteiger partial charge is 0.129 e. The number of nitrogens with one attached hydrogen (secondary N) is 1. The number of phenols is 1. The van der Waals surface area contributed by atoms with Crippen LogP contribution in [-0.2, 0) is 6.54 Å². The number of benzene rings is 1. The SMILES string of the molecule is Oc1ccc(CNC2CCCCC2)cc1Br. The second-order valence-corrected chi connectivity index (χ2v) is 5.36. The van der Waals surface area contributed by atoms with E-state index >= 15 is 0 Å². The van der Waals surface area contributed by atoms with Crippen molar-refractivity contribution in [3.63, 3.8) is 0 Å². The van der Waals surface area contributed by atoms with Gasteiger partial charge in [0.15, 0.2) is 0 Å². The molecular weight excluding hydrogens is 266 g/mol. The quantitative estimate of drug-likeness (QED) is 0.889. The largest absolute Gasteiger partial charge is 0.507 e. The molecule has 2 rings (SSSR count). The molecule has 1 fully saturated rings. The molecule has 1 saturated carbocycles. The molecule has 1 aromatic carbocycles. The van der Waals surface area contributed by atoms with Crippen molar-refractivity contribution in [1.29, 1.82) is 0 Å². The Balaban J connectivity index is 1.86. The molecular formula is C13H18BrNO. The molecule has 0 heterocycles. The third kappa shape index (κ3) is 3.22. The van der Waals surface area contributed by atoms with Crippen LogP contribution in [0.2, 0.25) is 0 Å². The van der Waals surface area contributed by atoms with Crippen LogP contribution in [0.5, 0.6) is 5.75 Å². The van der Waals surface area contributed by atoms with Gasteiger partial charge in [-0.3, -0.25) is 0 Å². The molecule has 3 heteroatoms. The summed E-state index contributed by atoms with van der Waals surface area (Å²) in [5, 5.41) is 13.0. The van der Waals surface area contributed by atoms with Crippen LogP contribution in [0.15, 0.2) is 22.7 Å². The van der Waals surface area contributed by atoms with E-state index in [1.807, 2.05) is 12.1 Å². The second-order valence-electron chi connectivity index (χ2n) is 4.50. The van der Waals surface area contributed by atoms with Gasteiger partial charge in [-0.2, -0.15) is 0 Å². The molecule has 0 amide bonds. The summed E-state index contributed by atoms with van der Waals surface area (Å²) >= 11 is 3.33. The molecule has 1 aliphatic rings. The fourth-order valence-electron chi connectivity index (χ4n) is 2.23. The zero-order valence-corrected chi connectivity index (χ0v) is 11.0. The zero-order valence-electron chi connectivity index (χ0n) is 9.38. The Labute approximate surface area is 105 Å². The van der Waals surface area contributed by atoms with Crippen LogP contribution in [0.25, 0.3) is 0 Å². The summed E-state index contributed by atoms with van der Waals surface area (Å²) in [6.07, 6.45) is 6.72. The van der Waals surface area contributed by atoms with E-state index in [0.29, 0.717) is 11.8 Å².